The summed E-state index contributed by atoms with van der Waals surface area (Å²) in [4.78, 5) is 12.4. The lowest BCUT2D eigenvalue weighted by Crippen LogP contribution is -2.48. The lowest BCUT2D eigenvalue weighted by molar-refractivity contribution is -0.136. The van der Waals surface area contributed by atoms with Gasteiger partial charge in [-0.05, 0) is 30.5 Å². The van der Waals surface area contributed by atoms with Crippen LogP contribution in [0, 0.1) is 5.41 Å². The van der Waals surface area contributed by atoms with E-state index in [0.717, 1.165) is 5.56 Å². The van der Waals surface area contributed by atoms with Crippen molar-refractivity contribution >= 4 is 18.3 Å². The van der Waals surface area contributed by atoms with Gasteiger partial charge in [0, 0.05) is 26.3 Å². The van der Waals surface area contributed by atoms with Crippen LogP contribution in [0.4, 0.5) is 8.78 Å². The molecule has 0 aromatic heterocycles. The lowest BCUT2D eigenvalue weighted by Gasteiger charge is -2.34. The van der Waals surface area contributed by atoms with Gasteiger partial charge in [0.1, 0.15) is 12.4 Å². The van der Waals surface area contributed by atoms with Crippen molar-refractivity contribution in [2.75, 3.05) is 26.4 Å². The summed E-state index contributed by atoms with van der Waals surface area (Å²) in [6.07, 6.45) is -1.31. The van der Waals surface area contributed by atoms with Gasteiger partial charge in [0.2, 0.25) is 5.91 Å². The number of ether oxygens (including phenoxy) is 2. The third-order valence-electron chi connectivity index (χ3n) is 4.05. The first kappa shape index (κ1) is 20.6. The number of amides is 1. The standard InChI is InChI=1S/C16H22F2N2O3.ClH/c17-14(18)10-23-13-3-1-2-12(8-13)9-20-15(21)16(11-19)4-6-22-7-5-16;/h1-3,8,14H,4-7,9-11,19H2,(H,20,21);1H. The van der Waals surface area contributed by atoms with Gasteiger partial charge in [0.15, 0.2) is 0 Å². The highest BCUT2D eigenvalue weighted by atomic mass is 35.5. The lowest BCUT2D eigenvalue weighted by atomic mass is 9.79. The van der Waals surface area contributed by atoms with Gasteiger partial charge in [-0.3, -0.25) is 4.79 Å². The Morgan fingerprint density at radius 3 is 2.71 bits per heavy atom. The molecule has 136 valence electrons. The average Bonchev–Trinajstić information content (AvgIpc) is 2.58. The number of carbonyl (C=O) groups is 1. The maximum absolute atomic E-state index is 12.4. The second-order valence-electron chi connectivity index (χ2n) is 5.63. The van der Waals surface area contributed by atoms with Crippen LogP contribution in [0.15, 0.2) is 24.3 Å². The van der Waals surface area contributed by atoms with Crippen LogP contribution in [0.1, 0.15) is 18.4 Å². The van der Waals surface area contributed by atoms with Gasteiger partial charge in [-0.15, -0.1) is 12.4 Å². The molecule has 1 amide bonds. The molecule has 0 atom stereocenters. The number of nitrogens with one attached hydrogen (secondary N) is 1. The maximum atomic E-state index is 12.4. The van der Waals surface area contributed by atoms with Crippen LogP contribution >= 0.6 is 12.4 Å². The second-order valence-corrected chi connectivity index (χ2v) is 5.63. The van der Waals surface area contributed by atoms with E-state index in [-0.39, 0.29) is 24.9 Å². The van der Waals surface area contributed by atoms with E-state index in [2.05, 4.69) is 5.32 Å². The van der Waals surface area contributed by atoms with Gasteiger partial charge in [0.25, 0.3) is 6.43 Å². The van der Waals surface area contributed by atoms with Crippen LogP contribution in [-0.4, -0.2) is 38.7 Å². The Morgan fingerprint density at radius 1 is 1.38 bits per heavy atom. The molecule has 3 N–H and O–H groups in total. The van der Waals surface area contributed by atoms with Crippen molar-refractivity contribution < 1.29 is 23.0 Å². The molecule has 0 radical (unpaired) electrons. The average molecular weight is 365 g/mol. The summed E-state index contributed by atoms with van der Waals surface area (Å²) in [6.45, 7) is 0.988. The minimum absolute atomic E-state index is 0. The number of nitrogens with two attached hydrogens (primary N) is 1. The molecule has 1 fully saturated rings. The third kappa shape index (κ3) is 5.58. The summed E-state index contributed by atoms with van der Waals surface area (Å²) in [5.41, 5.74) is 5.99. The summed E-state index contributed by atoms with van der Waals surface area (Å²) >= 11 is 0. The summed E-state index contributed by atoms with van der Waals surface area (Å²) in [7, 11) is 0. The van der Waals surface area contributed by atoms with E-state index in [4.69, 9.17) is 15.2 Å². The first-order valence-electron chi connectivity index (χ1n) is 7.62. The van der Waals surface area contributed by atoms with Crippen molar-refractivity contribution in [3.8, 4) is 5.75 Å². The minimum atomic E-state index is -2.52. The number of hydrogen-bond acceptors (Lipinski definition) is 4. The van der Waals surface area contributed by atoms with E-state index >= 15 is 0 Å². The molecule has 0 bridgehead atoms. The monoisotopic (exact) mass is 364 g/mol. The van der Waals surface area contributed by atoms with Crippen LogP contribution in [0.3, 0.4) is 0 Å². The van der Waals surface area contributed by atoms with Crippen LogP contribution in [-0.2, 0) is 16.1 Å². The minimum Gasteiger partial charge on any atom is -0.488 e. The molecular weight excluding hydrogens is 342 g/mol. The molecule has 1 heterocycles. The molecule has 2 rings (SSSR count). The zero-order valence-corrected chi connectivity index (χ0v) is 14.1. The van der Waals surface area contributed by atoms with Crippen LogP contribution < -0.4 is 15.8 Å². The fourth-order valence-electron chi connectivity index (χ4n) is 2.56. The fraction of sp³-hybridized carbons (Fsp3) is 0.562. The van der Waals surface area contributed by atoms with Crippen molar-refractivity contribution in [2.45, 2.75) is 25.8 Å². The predicted molar refractivity (Wildman–Crippen MR) is 88.6 cm³/mol. The van der Waals surface area contributed by atoms with Gasteiger partial charge in [-0.25, -0.2) is 8.78 Å². The molecule has 0 aliphatic carbocycles. The Kier molecular flexibility index (Phi) is 8.38. The molecule has 1 aromatic rings. The van der Waals surface area contributed by atoms with Gasteiger partial charge >= 0.3 is 0 Å². The summed E-state index contributed by atoms with van der Waals surface area (Å²) in [5.74, 6) is 0.263. The SMILES string of the molecule is Cl.NCC1(C(=O)NCc2cccc(OCC(F)F)c2)CCOCC1. The quantitative estimate of drug-likeness (QED) is 0.777. The van der Waals surface area contributed by atoms with E-state index in [1.807, 2.05) is 0 Å². The van der Waals surface area contributed by atoms with E-state index in [9.17, 15) is 13.6 Å². The van der Waals surface area contributed by atoms with Crippen LogP contribution in [0.2, 0.25) is 0 Å². The van der Waals surface area contributed by atoms with E-state index < -0.39 is 18.4 Å². The molecule has 1 saturated heterocycles. The highest BCUT2D eigenvalue weighted by Crippen LogP contribution is 2.29. The smallest absolute Gasteiger partial charge is 0.272 e. The number of hydrogen-bond donors (Lipinski definition) is 2. The Morgan fingerprint density at radius 2 is 2.08 bits per heavy atom. The predicted octanol–water partition coefficient (Wildman–Crippen LogP) is 2.12. The number of halogens is 3. The topological polar surface area (TPSA) is 73.6 Å². The summed E-state index contributed by atoms with van der Waals surface area (Å²) in [6, 6.07) is 6.75. The van der Waals surface area contributed by atoms with E-state index in [1.54, 1.807) is 24.3 Å². The zero-order valence-electron chi connectivity index (χ0n) is 13.3. The van der Waals surface area contributed by atoms with Crippen molar-refractivity contribution in [3.63, 3.8) is 0 Å². The van der Waals surface area contributed by atoms with Gasteiger partial charge in [0.05, 0.1) is 5.41 Å². The van der Waals surface area contributed by atoms with Gasteiger partial charge in [-0.2, -0.15) is 0 Å². The highest BCUT2D eigenvalue weighted by Gasteiger charge is 2.38. The Hall–Kier alpha value is -1.44. The van der Waals surface area contributed by atoms with Crippen LogP contribution in [0.25, 0.3) is 0 Å². The zero-order chi connectivity index (χ0) is 16.7. The van der Waals surface area contributed by atoms with Crippen molar-refractivity contribution in [3.05, 3.63) is 29.8 Å². The molecule has 0 unspecified atom stereocenters. The van der Waals surface area contributed by atoms with E-state index in [1.165, 1.54) is 0 Å². The molecule has 0 saturated carbocycles. The highest BCUT2D eigenvalue weighted by molar-refractivity contribution is 5.85. The third-order valence-corrected chi connectivity index (χ3v) is 4.05. The van der Waals surface area contributed by atoms with E-state index in [0.29, 0.717) is 38.3 Å². The molecule has 24 heavy (non-hydrogen) atoms. The summed E-state index contributed by atoms with van der Waals surface area (Å²) in [5, 5.41) is 2.87. The van der Waals surface area contributed by atoms with Crippen LogP contribution in [0.5, 0.6) is 5.75 Å². The number of carbonyl (C=O) groups excluding carboxylic acids is 1. The molecule has 1 aromatic carbocycles. The molecule has 1 aliphatic rings. The van der Waals surface area contributed by atoms with Gasteiger partial charge in [-0.1, -0.05) is 12.1 Å². The normalized spacial score (nSPS) is 16.3. The van der Waals surface area contributed by atoms with Gasteiger partial charge < -0.3 is 20.5 Å². The Balaban J connectivity index is 0.00000288. The Bertz CT molecular complexity index is 526. The van der Waals surface area contributed by atoms with Crippen molar-refractivity contribution in [1.29, 1.82) is 0 Å². The molecule has 1 aliphatic heterocycles. The molecular formula is C16H23ClF2N2O3. The molecule has 8 heteroatoms. The maximum Gasteiger partial charge on any atom is 0.272 e. The first-order valence-corrected chi connectivity index (χ1v) is 7.62. The number of rotatable bonds is 7. The number of benzene rings is 1. The van der Waals surface area contributed by atoms with Crippen molar-refractivity contribution in [2.24, 2.45) is 11.1 Å². The molecule has 0 spiro atoms. The largest absolute Gasteiger partial charge is 0.488 e. The Labute approximate surface area is 146 Å². The van der Waals surface area contributed by atoms with Crippen molar-refractivity contribution in [1.82, 2.24) is 5.32 Å². The summed E-state index contributed by atoms with van der Waals surface area (Å²) < 4.78 is 34.6. The second kappa shape index (κ2) is 9.76. The fourth-order valence-corrected chi connectivity index (χ4v) is 2.56. The molecule has 5 nitrogen and oxygen atoms in total. The number of alkyl halides is 2. The first-order chi connectivity index (χ1) is 11.1.